The van der Waals surface area contributed by atoms with Gasteiger partial charge in [0.05, 0.1) is 12.7 Å². The van der Waals surface area contributed by atoms with Crippen molar-refractivity contribution in [2.75, 3.05) is 7.11 Å². The first-order chi connectivity index (χ1) is 12.0. The van der Waals surface area contributed by atoms with E-state index in [4.69, 9.17) is 13.9 Å². The van der Waals surface area contributed by atoms with E-state index < -0.39 is 11.6 Å². The maximum absolute atomic E-state index is 12.3. The predicted octanol–water partition coefficient (Wildman–Crippen LogP) is 3.78. The van der Waals surface area contributed by atoms with Crippen molar-refractivity contribution >= 4 is 16.9 Å². The Hall–Kier alpha value is -3.08. The first kappa shape index (κ1) is 16.8. The van der Waals surface area contributed by atoms with Crippen molar-refractivity contribution in [3.63, 3.8) is 0 Å². The Balaban J connectivity index is 1.88. The molecule has 0 aliphatic rings. The van der Waals surface area contributed by atoms with Gasteiger partial charge in [0.1, 0.15) is 17.9 Å². The summed E-state index contributed by atoms with van der Waals surface area (Å²) < 4.78 is 15.7. The molecule has 0 spiro atoms. The van der Waals surface area contributed by atoms with Crippen LogP contribution in [0.25, 0.3) is 11.0 Å². The van der Waals surface area contributed by atoms with Crippen LogP contribution in [0.1, 0.15) is 27.0 Å². The van der Waals surface area contributed by atoms with Gasteiger partial charge < -0.3 is 13.9 Å². The summed E-state index contributed by atoms with van der Waals surface area (Å²) in [5.41, 5.74) is 2.93. The molecule has 1 aromatic heterocycles. The molecule has 128 valence electrons. The molecule has 3 aromatic rings. The van der Waals surface area contributed by atoms with Gasteiger partial charge in [0, 0.05) is 23.1 Å². The minimum Gasteiger partial charge on any atom is -0.497 e. The largest absolute Gasteiger partial charge is 0.497 e. The lowest BCUT2D eigenvalue weighted by atomic mass is 10.1. The van der Waals surface area contributed by atoms with Crippen LogP contribution in [0.2, 0.25) is 0 Å². The average molecular weight is 338 g/mol. The molecule has 2 aromatic carbocycles. The molecule has 0 saturated carbocycles. The Kier molecular flexibility index (Phi) is 4.57. The average Bonchev–Trinajstić information content (AvgIpc) is 2.58. The minimum atomic E-state index is -0.502. The van der Waals surface area contributed by atoms with Crippen molar-refractivity contribution in [1.29, 1.82) is 0 Å². The molecule has 0 saturated heterocycles. The van der Waals surface area contributed by atoms with Crippen LogP contribution in [0.3, 0.4) is 0 Å². The van der Waals surface area contributed by atoms with Gasteiger partial charge in [0.2, 0.25) is 0 Å². The Labute approximate surface area is 144 Å². The van der Waals surface area contributed by atoms with E-state index in [1.807, 2.05) is 26.0 Å². The van der Waals surface area contributed by atoms with E-state index in [-0.39, 0.29) is 6.61 Å². The molecule has 0 fully saturated rings. The number of carbonyl (C=O) groups excluding carboxylic acids is 1. The van der Waals surface area contributed by atoms with E-state index in [1.54, 1.807) is 24.3 Å². The second-order valence-electron chi connectivity index (χ2n) is 5.85. The summed E-state index contributed by atoms with van der Waals surface area (Å²) in [6.45, 7) is 3.81. The summed E-state index contributed by atoms with van der Waals surface area (Å²) in [7, 11) is 1.54. The van der Waals surface area contributed by atoms with Crippen LogP contribution >= 0.6 is 0 Å². The molecule has 5 nitrogen and oxygen atoms in total. The first-order valence-corrected chi connectivity index (χ1v) is 7.83. The number of hydrogen-bond acceptors (Lipinski definition) is 5. The fourth-order valence-corrected chi connectivity index (χ4v) is 2.72. The van der Waals surface area contributed by atoms with Gasteiger partial charge in [-0.2, -0.15) is 0 Å². The Morgan fingerprint density at radius 3 is 2.60 bits per heavy atom. The molecule has 0 N–H and O–H groups in total. The molecular formula is C20H18O5. The summed E-state index contributed by atoms with van der Waals surface area (Å²) in [5, 5.41) is 0.703. The number of aryl methyl sites for hydroxylation is 2. The number of rotatable bonds is 4. The van der Waals surface area contributed by atoms with E-state index in [1.165, 1.54) is 13.2 Å². The van der Waals surface area contributed by atoms with Crippen molar-refractivity contribution in [1.82, 2.24) is 0 Å². The smallest absolute Gasteiger partial charge is 0.338 e. The fraction of sp³-hybridized carbons (Fsp3) is 0.200. The van der Waals surface area contributed by atoms with Crippen LogP contribution in [0.5, 0.6) is 5.75 Å². The zero-order valence-electron chi connectivity index (χ0n) is 14.3. The quantitative estimate of drug-likeness (QED) is 0.535. The maximum Gasteiger partial charge on any atom is 0.338 e. The monoisotopic (exact) mass is 338 g/mol. The number of carbonyl (C=O) groups is 1. The predicted molar refractivity (Wildman–Crippen MR) is 94.1 cm³/mol. The third-order valence-electron chi connectivity index (χ3n) is 4.00. The zero-order chi connectivity index (χ0) is 18.0. The van der Waals surface area contributed by atoms with Gasteiger partial charge >= 0.3 is 11.6 Å². The highest BCUT2D eigenvalue weighted by atomic mass is 16.5. The van der Waals surface area contributed by atoms with Gasteiger partial charge in [-0.1, -0.05) is 17.7 Å². The molecule has 0 radical (unpaired) electrons. The van der Waals surface area contributed by atoms with E-state index in [0.29, 0.717) is 27.8 Å². The lowest BCUT2D eigenvalue weighted by molar-refractivity contribution is 0.0473. The zero-order valence-corrected chi connectivity index (χ0v) is 14.3. The second-order valence-corrected chi connectivity index (χ2v) is 5.85. The van der Waals surface area contributed by atoms with E-state index >= 15 is 0 Å². The topological polar surface area (TPSA) is 65.7 Å². The van der Waals surface area contributed by atoms with Gasteiger partial charge in [-0.05, 0) is 37.6 Å². The normalized spacial score (nSPS) is 10.7. The number of methoxy groups -OCH3 is 1. The molecule has 0 amide bonds. The van der Waals surface area contributed by atoms with Gasteiger partial charge in [0.25, 0.3) is 0 Å². The van der Waals surface area contributed by atoms with Gasteiger partial charge in [-0.15, -0.1) is 0 Å². The Morgan fingerprint density at radius 1 is 1.08 bits per heavy atom. The molecule has 25 heavy (non-hydrogen) atoms. The summed E-state index contributed by atoms with van der Waals surface area (Å²) in [4.78, 5) is 24.1. The Morgan fingerprint density at radius 2 is 1.88 bits per heavy atom. The summed E-state index contributed by atoms with van der Waals surface area (Å²) >= 11 is 0. The molecule has 0 aliphatic carbocycles. The molecule has 0 atom stereocenters. The second kappa shape index (κ2) is 6.81. The number of fused-ring (bicyclic) bond motifs is 1. The lowest BCUT2D eigenvalue weighted by Gasteiger charge is -2.10. The van der Waals surface area contributed by atoms with E-state index in [9.17, 15) is 9.59 Å². The molecule has 0 unspecified atom stereocenters. The van der Waals surface area contributed by atoms with Crippen LogP contribution in [0.15, 0.2) is 51.7 Å². The molecular weight excluding hydrogens is 320 g/mol. The third kappa shape index (κ3) is 3.55. The highest BCUT2D eigenvalue weighted by Crippen LogP contribution is 2.23. The van der Waals surface area contributed by atoms with Crippen LogP contribution < -0.4 is 10.4 Å². The fourth-order valence-electron chi connectivity index (χ4n) is 2.72. The van der Waals surface area contributed by atoms with Crippen molar-refractivity contribution in [3.8, 4) is 5.75 Å². The summed E-state index contributed by atoms with van der Waals surface area (Å²) in [6.07, 6.45) is 0. The molecule has 5 heteroatoms. The minimum absolute atomic E-state index is 0.0133. The van der Waals surface area contributed by atoms with E-state index in [0.717, 1.165) is 11.1 Å². The number of ether oxygens (including phenoxy) is 2. The number of benzene rings is 2. The van der Waals surface area contributed by atoms with Crippen LogP contribution in [-0.2, 0) is 11.3 Å². The van der Waals surface area contributed by atoms with Crippen LogP contribution in [-0.4, -0.2) is 13.1 Å². The SMILES string of the molecule is COc1ccc2c(COC(=O)c3ccc(C)cc3C)cc(=O)oc2c1. The molecule has 3 rings (SSSR count). The summed E-state index contributed by atoms with van der Waals surface area (Å²) in [5.74, 6) is 0.160. The van der Waals surface area contributed by atoms with E-state index in [2.05, 4.69) is 0 Å². The standard InChI is InChI=1S/C20H18O5/c1-12-4-6-16(13(2)8-12)20(22)24-11-14-9-19(21)25-18-10-15(23-3)5-7-17(14)18/h4-10H,11H2,1-3H3. The van der Waals surface area contributed by atoms with Crippen molar-refractivity contribution in [2.24, 2.45) is 0 Å². The lowest BCUT2D eigenvalue weighted by Crippen LogP contribution is -2.09. The third-order valence-corrected chi connectivity index (χ3v) is 4.00. The highest BCUT2D eigenvalue weighted by Gasteiger charge is 2.13. The molecule has 0 bridgehead atoms. The van der Waals surface area contributed by atoms with Crippen molar-refractivity contribution in [2.45, 2.75) is 20.5 Å². The first-order valence-electron chi connectivity index (χ1n) is 7.83. The highest BCUT2D eigenvalue weighted by molar-refractivity contribution is 5.91. The Bertz CT molecular complexity index is 1000. The number of hydrogen-bond donors (Lipinski definition) is 0. The molecule has 0 aliphatic heterocycles. The van der Waals surface area contributed by atoms with Crippen molar-refractivity contribution < 1.29 is 18.7 Å². The number of esters is 1. The molecule has 1 heterocycles. The van der Waals surface area contributed by atoms with Gasteiger partial charge in [0.15, 0.2) is 0 Å². The van der Waals surface area contributed by atoms with Gasteiger partial charge in [-0.25, -0.2) is 9.59 Å². The van der Waals surface area contributed by atoms with Crippen LogP contribution in [0, 0.1) is 13.8 Å². The van der Waals surface area contributed by atoms with Gasteiger partial charge in [-0.3, -0.25) is 0 Å². The van der Waals surface area contributed by atoms with Crippen molar-refractivity contribution in [3.05, 3.63) is 75.1 Å². The summed E-state index contributed by atoms with van der Waals surface area (Å²) in [6, 6.07) is 12.0. The maximum atomic E-state index is 12.3. The van der Waals surface area contributed by atoms with Crippen LogP contribution in [0.4, 0.5) is 0 Å².